The lowest BCUT2D eigenvalue weighted by molar-refractivity contribution is 0.146. The van der Waals surface area contributed by atoms with Crippen LogP contribution in [0, 0.1) is 17.6 Å². The Labute approximate surface area is 147 Å². The number of rotatable bonds is 3. The Morgan fingerprint density at radius 3 is 2.69 bits per heavy atom. The number of hydrazine groups is 1. The van der Waals surface area contributed by atoms with E-state index in [2.05, 4.69) is 25.7 Å². The molecule has 26 heavy (non-hydrogen) atoms. The first-order valence-electron chi connectivity index (χ1n) is 8.50. The summed E-state index contributed by atoms with van der Waals surface area (Å²) in [5.41, 5.74) is 6.72. The van der Waals surface area contributed by atoms with Crippen molar-refractivity contribution in [3.05, 3.63) is 68.0 Å². The topological polar surface area (TPSA) is 93.0 Å². The molecule has 1 aromatic heterocycles. The van der Waals surface area contributed by atoms with Crippen molar-refractivity contribution in [1.29, 1.82) is 0 Å². The van der Waals surface area contributed by atoms with Crippen LogP contribution in [0.3, 0.4) is 0 Å². The average molecular weight is 363 g/mol. The molecule has 0 spiro atoms. The summed E-state index contributed by atoms with van der Waals surface area (Å²) in [6.45, 7) is 1.95. The van der Waals surface area contributed by atoms with Gasteiger partial charge in [0.1, 0.15) is 0 Å². The molecular weight excluding hydrogens is 344 g/mol. The quantitative estimate of drug-likeness (QED) is 0.633. The molecule has 3 unspecified atom stereocenters. The molecule has 3 atom stereocenters. The fourth-order valence-corrected chi connectivity index (χ4v) is 3.90. The minimum Gasteiger partial charge on any atom is -0.310 e. The summed E-state index contributed by atoms with van der Waals surface area (Å²) < 4.78 is 26.8. The number of hydrogen-bond acceptors (Lipinski definition) is 5. The van der Waals surface area contributed by atoms with Gasteiger partial charge in [-0.1, -0.05) is 6.07 Å². The summed E-state index contributed by atoms with van der Waals surface area (Å²) >= 11 is 0. The number of aromatic nitrogens is 2. The molecule has 2 aromatic rings. The van der Waals surface area contributed by atoms with Gasteiger partial charge in [-0.05, 0) is 24.1 Å². The van der Waals surface area contributed by atoms with E-state index in [1.807, 2.05) is 0 Å². The Kier molecular flexibility index (Phi) is 4.43. The van der Waals surface area contributed by atoms with Gasteiger partial charge in [-0.2, -0.15) is 0 Å². The van der Waals surface area contributed by atoms with Crippen molar-refractivity contribution in [1.82, 2.24) is 25.7 Å². The second kappa shape index (κ2) is 6.75. The van der Waals surface area contributed by atoms with Crippen molar-refractivity contribution < 1.29 is 8.78 Å². The van der Waals surface area contributed by atoms with E-state index in [9.17, 15) is 18.4 Å². The van der Waals surface area contributed by atoms with Crippen LogP contribution in [-0.4, -0.2) is 34.0 Å². The highest BCUT2D eigenvalue weighted by molar-refractivity contribution is 5.24. The molecule has 2 aliphatic heterocycles. The first-order chi connectivity index (χ1) is 12.5. The highest BCUT2D eigenvalue weighted by Crippen LogP contribution is 2.34. The highest BCUT2D eigenvalue weighted by atomic mass is 19.2. The number of nitrogens with zero attached hydrogens (tertiary/aromatic N) is 1. The smallest absolute Gasteiger partial charge is 0.310 e. The number of H-pyrrole nitrogens is 2. The third-order valence-electron chi connectivity index (χ3n) is 5.11. The number of likely N-dealkylation sites (tertiary alicyclic amines) is 1. The predicted molar refractivity (Wildman–Crippen MR) is 90.2 cm³/mol. The van der Waals surface area contributed by atoms with Gasteiger partial charge < -0.3 is 4.98 Å². The summed E-state index contributed by atoms with van der Waals surface area (Å²) in [6.07, 6.45) is 0.866. The fraction of sp³-hybridized carbons (Fsp3) is 0.412. The zero-order valence-corrected chi connectivity index (χ0v) is 13.9. The molecule has 7 nitrogen and oxygen atoms in total. The van der Waals surface area contributed by atoms with Gasteiger partial charge in [-0.15, -0.1) is 0 Å². The van der Waals surface area contributed by atoms with Crippen LogP contribution in [0.5, 0.6) is 0 Å². The molecule has 138 valence electrons. The normalized spacial score (nSPS) is 26.0. The van der Waals surface area contributed by atoms with Gasteiger partial charge in [0.15, 0.2) is 11.6 Å². The minimum atomic E-state index is -0.861. The summed E-state index contributed by atoms with van der Waals surface area (Å²) in [7, 11) is 0. The Morgan fingerprint density at radius 1 is 1.08 bits per heavy atom. The Balaban J connectivity index is 1.52. The van der Waals surface area contributed by atoms with E-state index in [-0.39, 0.29) is 18.0 Å². The van der Waals surface area contributed by atoms with Crippen LogP contribution < -0.4 is 22.1 Å². The SMILES string of the molecule is O=c1cc(CN2CCC3NNC(c4ccc(F)c(F)c4)C3C2)[nH]c(=O)[nH]1. The van der Waals surface area contributed by atoms with Crippen molar-refractivity contribution in [3.8, 4) is 0 Å². The number of aromatic amines is 2. The summed E-state index contributed by atoms with van der Waals surface area (Å²) in [5.74, 6) is -1.57. The monoisotopic (exact) mass is 363 g/mol. The van der Waals surface area contributed by atoms with Crippen molar-refractivity contribution in [2.24, 2.45) is 5.92 Å². The summed E-state index contributed by atoms with van der Waals surface area (Å²) in [6, 6.07) is 5.42. The maximum Gasteiger partial charge on any atom is 0.325 e. The summed E-state index contributed by atoms with van der Waals surface area (Å²) in [5, 5.41) is 0. The second-order valence-electron chi connectivity index (χ2n) is 6.85. The number of nitrogens with one attached hydrogen (secondary N) is 4. The molecule has 0 amide bonds. The van der Waals surface area contributed by atoms with E-state index < -0.39 is 22.9 Å². The lowest BCUT2D eigenvalue weighted by Crippen LogP contribution is -2.45. The van der Waals surface area contributed by atoms with Crippen LogP contribution in [-0.2, 0) is 6.54 Å². The van der Waals surface area contributed by atoms with Crippen LogP contribution in [0.4, 0.5) is 8.78 Å². The van der Waals surface area contributed by atoms with Crippen molar-refractivity contribution in [2.45, 2.75) is 25.0 Å². The minimum absolute atomic E-state index is 0.142. The maximum atomic E-state index is 13.6. The largest absolute Gasteiger partial charge is 0.325 e. The molecule has 1 aromatic carbocycles. The molecule has 0 saturated carbocycles. The second-order valence-corrected chi connectivity index (χ2v) is 6.85. The Hall–Kier alpha value is -2.36. The third-order valence-corrected chi connectivity index (χ3v) is 5.11. The molecule has 2 saturated heterocycles. The predicted octanol–water partition coefficient (Wildman–Crippen LogP) is 0.381. The van der Waals surface area contributed by atoms with Crippen molar-refractivity contribution in [3.63, 3.8) is 0 Å². The van der Waals surface area contributed by atoms with Gasteiger partial charge in [0.05, 0.1) is 6.04 Å². The van der Waals surface area contributed by atoms with E-state index in [0.717, 1.165) is 19.0 Å². The molecular formula is C17H19F2N5O2. The van der Waals surface area contributed by atoms with E-state index in [4.69, 9.17) is 0 Å². The molecule has 3 heterocycles. The van der Waals surface area contributed by atoms with E-state index in [0.29, 0.717) is 24.3 Å². The van der Waals surface area contributed by atoms with Crippen molar-refractivity contribution in [2.75, 3.05) is 13.1 Å². The molecule has 0 aliphatic carbocycles. The standard InChI is InChI=1S/C17H19F2N5O2/c18-12-2-1-9(5-13(12)19)16-11-8-24(4-3-14(11)22-23-16)7-10-6-15(25)21-17(26)20-10/h1-2,5-6,11,14,16,22-23H,3-4,7-8H2,(H2,20,21,25,26). The van der Waals surface area contributed by atoms with E-state index >= 15 is 0 Å². The number of fused-ring (bicyclic) bond motifs is 1. The Bertz CT molecular complexity index is 900. The highest BCUT2D eigenvalue weighted by Gasteiger charge is 2.40. The van der Waals surface area contributed by atoms with Gasteiger partial charge in [0.25, 0.3) is 5.56 Å². The van der Waals surface area contributed by atoms with Gasteiger partial charge in [-0.3, -0.25) is 20.1 Å². The third kappa shape index (κ3) is 3.33. The van der Waals surface area contributed by atoms with E-state index in [1.54, 1.807) is 6.07 Å². The fourth-order valence-electron chi connectivity index (χ4n) is 3.90. The van der Waals surface area contributed by atoms with Gasteiger partial charge in [0, 0.05) is 43.4 Å². The van der Waals surface area contributed by atoms with Crippen LogP contribution in [0.25, 0.3) is 0 Å². The molecule has 2 fully saturated rings. The van der Waals surface area contributed by atoms with Crippen LogP contribution >= 0.6 is 0 Å². The molecule has 4 rings (SSSR count). The lowest BCUT2D eigenvalue weighted by Gasteiger charge is -2.36. The zero-order chi connectivity index (χ0) is 18.3. The van der Waals surface area contributed by atoms with Gasteiger partial charge >= 0.3 is 5.69 Å². The maximum absolute atomic E-state index is 13.6. The zero-order valence-electron chi connectivity index (χ0n) is 13.9. The molecule has 9 heteroatoms. The van der Waals surface area contributed by atoms with Crippen LogP contribution in [0.1, 0.15) is 23.7 Å². The number of halogens is 2. The van der Waals surface area contributed by atoms with Gasteiger partial charge in [-0.25, -0.2) is 19.0 Å². The molecule has 4 N–H and O–H groups in total. The first kappa shape index (κ1) is 17.1. The van der Waals surface area contributed by atoms with Crippen LogP contribution in [0.2, 0.25) is 0 Å². The number of benzene rings is 1. The Morgan fingerprint density at radius 2 is 1.92 bits per heavy atom. The van der Waals surface area contributed by atoms with Gasteiger partial charge in [0.2, 0.25) is 0 Å². The molecule has 2 aliphatic rings. The molecule has 0 radical (unpaired) electrons. The lowest BCUT2D eigenvalue weighted by atomic mass is 9.85. The number of piperidine rings is 1. The van der Waals surface area contributed by atoms with Crippen molar-refractivity contribution >= 4 is 0 Å². The molecule has 0 bridgehead atoms. The summed E-state index contributed by atoms with van der Waals surface area (Å²) in [4.78, 5) is 29.8. The number of hydrogen-bond donors (Lipinski definition) is 4. The van der Waals surface area contributed by atoms with E-state index in [1.165, 1.54) is 12.1 Å². The van der Waals surface area contributed by atoms with Crippen LogP contribution in [0.15, 0.2) is 33.9 Å². The first-order valence-corrected chi connectivity index (χ1v) is 8.50. The average Bonchev–Trinajstić information content (AvgIpc) is 2.99.